The standard InChI is InChI=1S/C50H82O11/c1-8-10-12-14-16-18-38(52)21-22-40(33-57-45(53)19-17-15-13-11-9-2)60-47(55)31-34(3)30-46(54)58-36(5)59-48(56)61-39-26-28-49(6)37(32-39)20-23-41-43-25-24-42(35(4)51)50(43,7)29-27-44(41)49/h34,36-37,39-44H,8-33H2,1-7H3/t34?,36?,37-,39+,40?,41-,42+,43-,44-,49-,50+/m0/s1. The Morgan fingerprint density at radius 3 is 1.93 bits per heavy atom. The van der Waals surface area contributed by atoms with Crippen LogP contribution in [-0.2, 0) is 47.7 Å². The number of ether oxygens (including phenoxy) is 5. The fraction of sp³-hybridized carbons (Fsp3) is 0.880. The number of Topliss-reactive ketones (excluding diaryl/α,β-unsaturated/α-hetero) is 2. The van der Waals surface area contributed by atoms with Gasteiger partial charge in [0.2, 0.25) is 6.29 Å². The summed E-state index contributed by atoms with van der Waals surface area (Å²) < 4.78 is 27.7. The smallest absolute Gasteiger partial charge is 0.462 e. The molecule has 0 aromatic heterocycles. The molecule has 0 aromatic carbocycles. The highest BCUT2D eigenvalue weighted by molar-refractivity contribution is 5.80. The topological polar surface area (TPSA) is 149 Å². The van der Waals surface area contributed by atoms with Crippen molar-refractivity contribution in [2.75, 3.05) is 6.61 Å². The minimum Gasteiger partial charge on any atom is -0.462 e. The zero-order chi connectivity index (χ0) is 44.6. The van der Waals surface area contributed by atoms with E-state index < -0.39 is 36.4 Å². The molecule has 4 rings (SSSR count). The number of hydrogen-bond acceptors (Lipinski definition) is 11. The molecular weight excluding hydrogens is 777 g/mol. The number of unbranched alkanes of at least 4 members (excludes halogenated alkanes) is 8. The molecule has 0 amide bonds. The van der Waals surface area contributed by atoms with Gasteiger partial charge < -0.3 is 23.7 Å². The Bertz CT molecular complexity index is 1410. The third-order valence-electron chi connectivity index (χ3n) is 15.5. The first-order valence-electron chi connectivity index (χ1n) is 24.5. The third kappa shape index (κ3) is 15.1. The fourth-order valence-corrected chi connectivity index (χ4v) is 12.1. The van der Waals surface area contributed by atoms with Crippen LogP contribution < -0.4 is 0 Å². The molecule has 0 aromatic rings. The van der Waals surface area contributed by atoms with Crippen molar-refractivity contribution in [2.45, 2.75) is 227 Å². The maximum absolute atomic E-state index is 13.0. The highest BCUT2D eigenvalue weighted by Crippen LogP contribution is 2.67. The quantitative estimate of drug-likeness (QED) is 0.0354. The second-order valence-corrected chi connectivity index (χ2v) is 20.1. The van der Waals surface area contributed by atoms with Gasteiger partial charge in [-0.3, -0.25) is 24.0 Å². The highest BCUT2D eigenvalue weighted by atomic mass is 16.8. The van der Waals surface area contributed by atoms with Crippen LogP contribution in [-0.4, -0.2) is 60.7 Å². The van der Waals surface area contributed by atoms with Crippen LogP contribution in [0.4, 0.5) is 4.79 Å². The van der Waals surface area contributed by atoms with Gasteiger partial charge in [-0.1, -0.05) is 86.0 Å². The zero-order valence-corrected chi connectivity index (χ0v) is 39.1. The Kier molecular flexibility index (Phi) is 20.6. The summed E-state index contributed by atoms with van der Waals surface area (Å²) in [6.45, 7) is 14.0. The van der Waals surface area contributed by atoms with Crippen LogP contribution in [0.2, 0.25) is 0 Å². The Morgan fingerprint density at radius 2 is 1.26 bits per heavy atom. The van der Waals surface area contributed by atoms with Crippen LogP contribution in [0.15, 0.2) is 0 Å². The minimum absolute atomic E-state index is 0.0814. The van der Waals surface area contributed by atoms with Crippen molar-refractivity contribution in [1.29, 1.82) is 0 Å². The third-order valence-corrected chi connectivity index (χ3v) is 15.5. The molecule has 0 saturated heterocycles. The van der Waals surface area contributed by atoms with Gasteiger partial charge in [-0.15, -0.1) is 0 Å². The van der Waals surface area contributed by atoms with Gasteiger partial charge in [0.05, 0.1) is 0 Å². The number of ketones is 2. The molecule has 61 heavy (non-hydrogen) atoms. The molecule has 11 heteroatoms. The molecule has 11 atom stereocenters. The van der Waals surface area contributed by atoms with Crippen LogP contribution in [0.3, 0.4) is 0 Å². The number of fused-ring (bicyclic) bond motifs is 5. The molecule has 348 valence electrons. The van der Waals surface area contributed by atoms with E-state index in [9.17, 15) is 28.8 Å². The first-order chi connectivity index (χ1) is 29.1. The number of hydrogen-bond donors (Lipinski definition) is 0. The Balaban J connectivity index is 1.17. The predicted molar refractivity (Wildman–Crippen MR) is 233 cm³/mol. The van der Waals surface area contributed by atoms with Crippen molar-refractivity contribution in [2.24, 2.45) is 46.3 Å². The second kappa shape index (κ2) is 24.8. The lowest BCUT2D eigenvalue weighted by Crippen LogP contribution is -2.54. The van der Waals surface area contributed by atoms with Gasteiger partial charge in [0, 0.05) is 44.9 Å². The van der Waals surface area contributed by atoms with E-state index in [0.29, 0.717) is 42.3 Å². The van der Waals surface area contributed by atoms with Gasteiger partial charge in [-0.2, -0.15) is 0 Å². The predicted octanol–water partition coefficient (Wildman–Crippen LogP) is 11.6. The monoisotopic (exact) mass is 859 g/mol. The average Bonchev–Trinajstić information content (AvgIpc) is 3.56. The summed E-state index contributed by atoms with van der Waals surface area (Å²) in [5.74, 6) is 1.08. The van der Waals surface area contributed by atoms with E-state index >= 15 is 0 Å². The summed E-state index contributed by atoms with van der Waals surface area (Å²) in [5.41, 5.74) is 0.330. The van der Waals surface area contributed by atoms with Gasteiger partial charge in [-0.25, -0.2) is 4.79 Å². The van der Waals surface area contributed by atoms with Crippen LogP contribution in [0.5, 0.6) is 0 Å². The maximum Gasteiger partial charge on any atom is 0.511 e. The Labute approximate surface area is 367 Å². The van der Waals surface area contributed by atoms with Crippen LogP contribution >= 0.6 is 0 Å². The molecule has 0 aliphatic heterocycles. The van der Waals surface area contributed by atoms with Crippen molar-refractivity contribution in [1.82, 2.24) is 0 Å². The Hall–Kier alpha value is -2.98. The van der Waals surface area contributed by atoms with Gasteiger partial charge in [0.25, 0.3) is 0 Å². The van der Waals surface area contributed by atoms with Gasteiger partial charge >= 0.3 is 24.1 Å². The van der Waals surface area contributed by atoms with Crippen molar-refractivity contribution in [3.8, 4) is 0 Å². The number of carbonyl (C=O) groups excluding carboxylic acids is 6. The van der Waals surface area contributed by atoms with Crippen molar-refractivity contribution in [3.63, 3.8) is 0 Å². The van der Waals surface area contributed by atoms with Crippen molar-refractivity contribution < 1.29 is 52.5 Å². The lowest BCUT2D eigenvalue weighted by Gasteiger charge is -2.61. The maximum atomic E-state index is 13.0. The molecular formula is C50H82O11. The first-order valence-corrected chi connectivity index (χ1v) is 24.5. The van der Waals surface area contributed by atoms with E-state index in [4.69, 9.17) is 23.7 Å². The molecule has 11 nitrogen and oxygen atoms in total. The molecule has 0 radical (unpaired) electrons. The number of esters is 3. The molecule has 0 heterocycles. The molecule has 0 spiro atoms. The molecule has 0 bridgehead atoms. The van der Waals surface area contributed by atoms with Crippen molar-refractivity contribution in [3.05, 3.63) is 0 Å². The largest absolute Gasteiger partial charge is 0.511 e. The van der Waals surface area contributed by atoms with E-state index in [0.717, 1.165) is 109 Å². The first kappa shape index (κ1) is 50.7. The highest BCUT2D eigenvalue weighted by Gasteiger charge is 2.61. The van der Waals surface area contributed by atoms with E-state index in [2.05, 4.69) is 27.7 Å². The zero-order valence-electron chi connectivity index (χ0n) is 39.1. The van der Waals surface area contributed by atoms with Crippen molar-refractivity contribution >= 4 is 35.6 Å². The summed E-state index contributed by atoms with van der Waals surface area (Å²) in [7, 11) is 0. The molecule has 4 aliphatic carbocycles. The molecule has 3 unspecified atom stereocenters. The van der Waals surface area contributed by atoms with Crippen LogP contribution in [0.25, 0.3) is 0 Å². The van der Waals surface area contributed by atoms with Gasteiger partial charge in [0.15, 0.2) is 0 Å². The number of rotatable bonds is 26. The van der Waals surface area contributed by atoms with Gasteiger partial charge in [-0.05, 0) is 124 Å². The van der Waals surface area contributed by atoms with E-state index in [1.807, 2.05) is 0 Å². The summed E-state index contributed by atoms with van der Waals surface area (Å²) in [4.78, 5) is 76.3. The SMILES string of the molecule is CCCCCCCC(=O)CCC(COC(=O)CCCCCCC)OC(=O)CC(C)CC(=O)OC(C)OC(=O)O[C@@H]1CC[C@@]2(C)[C@@H](CC[C@@H]3[C@@H]2CC[C@]2(C)[C@@H](C(C)=O)CC[C@@H]32)C1. The molecule has 4 fully saturated rings. The summed E-state index contributed by atoms with van der Waals surface area (Å²) in [5, 5.41) is 0. The average molecular weight is 859 g/mol. The van der Waals surface area contributed by atoms with Crippen LogP contribution in [0, 0.1) is 46.3 Å². The lowest BCUT2D eigenvalue weighted by atomic mass is 9.44. The van der Waals surface area contributed by atoms with E-state index in [1.165, 1.54) is 19.8 Å². The van der Waals surface area contributed by atoms with E-state index in [1.54, 1.807) is 13.8 Å². The Morgan fingerprint density at radius 1 is 0.639 bits per heavy atom. The summed E-state index contributed by atoms with van der Waals surface area (Å²) in [6.07, 6.45) is 17.6. The molecule has 4 aliphatic rings. The summed E-state index contributed by atoms with van der Waals surface area (Å²) in [6, 6.07) is 0. The number of carbonyl (C=O) groups is 6. The normalized spacial score (nSPS) is 29.4. The van der Waals surface area contributed by atoms with Gasteiger partial charge in [0.1, 0.15) is 30.4 Å². The van der Waals surface area contributed by atoms with E-state index in [-0.39, 0.29) is 66.9 Å². The molecule has 0 N–H and O–H groups in total. The lowest BCUT2D eigenvalue weighted by molar-refractivity contribution is -0.172. The summed E-state index contributed by atoms with van der Waals surface area (Å²) >= 11 is 0. The fourth-order valence-electron chi connectivity index (χ4n) is 12.1. The van der Waals surface area contributed by atoms with Crippen LogP contribution in [0.1, 0.15) is 209 Å². The second-order valence-electron chi connectivity index (χ2n) is 20.1. The minimum atomic E-state index is -1.17. The molecule has 4 saturated carbocycles.